The van der Waals surface area contributed by atoms with Crippen LogP contribution in [0.4, 0.5) is 0 Å². The van der Waals surface area contributed by atoms with Gasteiger partial charge in [-0.3, -0.25) is 5.10 Å². The molecule has 2 aromatic rings. The van der Waals surface area contributed by atoms with Gasteiger partial charge in [-0.05, 0) is 23.9 Å². The SMILES string of the molecule is Cc1csc(-c2cn[nH]c2)c1. The molecule has 0 bridgehead atoms. The molecule has 2 heterocycles. The Hall–Kier alpha value is -1.09. The molecule has 0 atom stereocenters. The smallest absolute Gasteiger partial charge is 0.0573 e. The molecule has 0 unspecified atom stereocenters. The number of thiophene rings is 1. The number of hydrogen-bond acceptors (Lipinski definition) is 2. The van der Waals surface area contributed by atoms with E-state index in [2.05, 4.69) is 28.6 Å². The monoisotopic (exact) mass is 164 g/mol. The molecule has 0 saturated carbocycles. The highest BCUT2D eigenvalue weighted by Gasteiger charge is 1.99. The quantitative estimate of drug-likeness (QED) is 0.689. The maximum atomic E-state index is 3.89. The Balaban J connectivity index is 2.45. The second-order valence-electron chi connectivity index (χ2n) is 2.48. The molecular formula is C8H8N2S. The van der Waals surface area contributed by atoms with E-state index in [4.69, 9.17) is 0 Å². The first-order chi connectivity index (χ1) is 5.36. The molecule has 0 radical (unpaired) electrons. The van der Waals surface area contributed by atoms with Crippen LogP contribution in [0, 0.1) is 6.92 Å². The lowest BCUT2D eigenvalue weighted by atomic mass is 10.2. The molecule has 0 aliphatic carbocycles. The number of aryl methyl sites for hydroxylation is 1. The van der Waals surface area contributed by atoms with Gasteiger partial charge < -0.3 is 0 Å². The van der Waals surface area contributed by atoms with Gasteiger partial charge in [0.2, 0.25) is 0 Å². The Morgan fingerprint density at radius 2 is 2.45 bits per heavy atom. The fraction of sp³-hybridized carbons (Fsp3) is 0.125. The van der Waals surface area contributed by atoms with Gasteiger partial charge in [0.25, 0.3) is 0 Å². The summed E-state index contributed by atoms with van der Waals surface area (Å²) in [5, 5.41) is 8.82. The summed E-state index contributed by atoms with van der Waals surface area (Å²) in [6.45, 7) is 2.10. The number of aromatic amines is 1. The minimum atomic E-state index is 1.17. The summed E-state index contributed by atoms with van der Waals surface area (Å²) < 4.78 is 0. The molecule has 2 aromatic heterocycles. The number of rotatable bonds is 1. The predicted molar refractivity (Wildman–Crippen MR) is 46.6 cm³/mol. The van der Waals surface area contributed by atoms with Crippen LogP contribution in [0.1, 0.15) is 5.56 Å². The van der Waals surface area contributed by atoms with Crippen LogP contribution >= 0.6 is 11.3 Å². The van der Waals surface area contributed by atoms with Crippen molar-refractivity contribution in [3.05, 3.63) is 29.4 Å². The summed E-state index contributed by atoms with van der Waals surface area (Å²) in [7, 11) is 0. The van der Waals surface area contributed by atoms with E-state index < -0.39 is 0 Å². The average molecular weight is 164 g/mol. The Morgan fingerprint density at radius 1 is 1.55 bits per heavy atom. The van der Waals surface area contributed by atoms with Gasteiger partial charge >= 0.3 is 0 Å². The zero-order valence-electron chi connectivity index (χ0n) is 6.16. The van der Waals surface area contributed by atoms with Crippen LogP contribution in [0.3, 0.4) is 0 Å². The molecule has 0 aromatic carbocycles. The van der Waals surface area contributed by atoms with Crippen LogP contribution in [0.25, 0.3) is 10.4 Å². The summed E-state index contributed by atoms with van der Waals surface area (Å²) >= 11 is 1.75. The Kier molecular flexibility index (Phi) is 1.51. The van der Waals surface area contributed by atoms with Gasteiger partial charge in [0.1, 0.15) is 0 Å². The first-order valence-electron chi connectivity index (χ1n) is 3.40. The minimum absolute atomic E-state index is 1.17. The zero-order valence-corrected chi connectivity index (χ0v) is 6.98. The Bertz CT molecular complexity index is 335. The van der Waals surface area contributed by atoms with Crippen molar-refractivity contribution in [2.24, 2.45) is 0 Å². The van der Waals surface area contributed by atoms with Gasteiger partial charge in [0.15, 0.2) is 0 Å². The van der Waals surface area contributed by atoms with E-state index in [0.29, 0.717) is 0 Å². The van der Waals surface area contributed by atoms with E-state index in [9.17, 15) is 0 Å². The fourth-order valence-electron chi connectivity index (χ4n) is 0.968. The van der Waals surface area contributed by atoms with Crippen molar-refractivity contribution < 1.29 is 0 Å². The minimum Gasteiger partial charge on any atom is -0.285 e. The highest BCUT2D eigenvalue weighted by atomic mass is 32.1. The molecule has 56 valence electrons. The summed E-state index contributed by atoms with van der Waals surface area (Å²) in [6.07, 6.45) is 3.75. The molecule has 0 fully saturated rings. The highest BCUT2D eigenvalue weighted by Crippen LogP contribution is 2.25. The standard InChI is InChI=1S/C8H8N2S/c1-6-2-8(11-5-6)7-3-9-10-4-7/h2-5H,1H3,(H,9,10). The van der Waals surface area contributed by atoms with Crippen molar-refractivity contribution in [3.8, 4) is 10.4 Å². The highest BCUT2D eigenvalue weighted by molar-refractivity contribution is 7.13. The van der Waals surface area contributed by atoms with Crippen molar-refractivity contribution in [2.75, 3.05) is 0 Å². The molecule has 2 nitrogen and oxygen atoms in total. The molecule has 0 aliphatic rings. The number of aromatic nitrogens is 2. The van der Waals surface area contributed by atoms with Crippen LogP contribution in [0.2, 0.25) is 0 Å². The van der Waals surface area contributed by atoms with E-state index in [1.807, 2.05) is 12.4 Å². The molecule has 0 spiro atoms. The molecular weight excluding hydrogens is 156 g/mol. The first kappa shape index (κ1) is 6.61. The van der Waals surface area contributed by atoms with Crippen molar-refractivity contribution in [2.45, 2.75) is 6.92 Å². The average Bonchev–Trinajstić information content (AvgIpc) is 2.55. The molecule has 0 aliphatic heterocycles. The number of nitrogens with zero attached hydrogens (tertiary/aromatic N) is 1. The van der Waals surface area contributed by atoms with Gasteiger partial charge in [-0.15, -0.1) is 11.3 Å². The van der Waals surface area contributed by atoms with Gasteiger partial charge in [-0.1, -0.05) is 0 Å². The second kappa shape index (κ2) is 2.51. The lowest BCUT2D eigenvalue weighted by Gasteiger charge is -1.84. The van der Waals surface area contributed by atoms with E-state index >= 15 is 0 Å². The van der Waals surface area contributed by atoms with Gasteiger partial charge in [-0.25, -0.2) is 0 Å². The lowest BCUT2D eigenvalue weighted by molar-refractivity contribution is 1.09. The van der Waals surface area contributed by atoms with Crippen LogP contribution in [-0.4, -0.2) is 10.2 Å². The second-order valence-corrected chi connectivity index (χ2v) is 3.39. The van der Waals surface area contributed by atoms with E-state index in [-0.39, 0.29) is 0 Å². The van der Waals surface area contributed by atoms with Crippen LogP contribution in [-0.2, 0) is 0 Å². The van der Waals surface area contributed by atoms with Crippen molar-refractivity contribution in [1.29, 1.82) is 0 Å². The molecule has 3 heteroatoms. The van der Waals surface area contributed by atoms with Crippen molar-refractivity contribution >= 4 is 11.3 Å². The largest absolute Gasteiger partial charge is 0.285 e. The molecule has 11 heavy (non-hydrogen) atoms. The third-order valence-corrected chi connectivity index (χ3v) is 2.61. The molecule has 0 saturated heterocycles. The van der Waals surface area contributed by atoms with Gasteiger partial charge in [-0.2, -0.15) is 5.10 Å². The van der Waals surface area contributed by atoms with E-state index in [0.717, 1.165) is 0 Å². The molecule has 0 amide bonds. The Morgan fingerprint density at radius 3 is 3.00 bits per heavy atom. The summed E-state index contributed by atoms with van der Waals surface area (Å²) in [5.74, 6) is 0. The first-order valence-corrected chi connectivity index (χ1v) is 4.28. The molecule has 1 N–H and O–H groups in total. The van der Waals surface area contributed by atoms with Gasteiger partial charge in [0, 0.05) is 16.6 Å². The van der Waals surface area contributed by atoms with Crippen molar-refractivity contribution in [3.63, 3.8) is 0 Å². The third-order valence-electron chi connectivity index (χ3n) is 1.51. The maximum Gasteiger partial charge on any atom is 0.0573 e. The van der Waals surface area contributed by atoms with Crippen molar-refractivity contribution in [1.82, 2.24) is 10.2 Å². The van der Waals surface area contributed by atoms with Crippen LogP contribution in [0.15, 0.2) is 23.8 Å². The predicted octanol–water partition coefficient (Wildman–Crippen LogP) is 2.45. The number of nitrogens with one attached hydrogen (secondary N) is 1. The summed E-state index contributed by atoms with van der Waals surface area (Å²) in [6, 6.07) is 2.16. The topological polar surface area (TPSA) is 28.7 Å². The van der Waals surface area contributed by atoms with Gasteiger partial charge in [0.05, 0.1) is 6.20 Å². The summed E-state index contributed by atoms with van der Waals surface area (Å²) in [4.78, 5) is 1.27. The zero-order chi connectivity index (χ0) is 7.68. The van der Waals surface area contributed by atoms with Crippen LogP contribution < -0.4 is 0 Å². The number of hydrogen-bond donors (Lipinski definition) is 1. The normalized spacial score (nSPS) is 10.3. The number of H-pyrrole nitrogens is 1. The van der Waals surface area contributed by atoms with E-state index in [1.54, 1.807) is 11.3 Å². The maximum absolute atomic E-state index is 3.89. The summed E-state index contributed by atoms with van der Waals surface area (Å²) in [5.41, 5.74) is 2.48. The Labute approximate surface area is 68.9 Å². The van der Waals surface area contributed by atoms with E-state index in [1.165, 1.54) is 16.0 Å². The van der Waals surface area contributed by atoms with Crippen LogP contribution in [0.5, 0.6) is 0 Å². The molecule has 2 rings (SSSR count). The third kappa shape index (κ3) is 1.19. The fourth-order valence-corrected chi connectivity index (χ4v) is 1.85. The lowest BCUT2D eigenvalue weighted by Crippen LogP contribution is -1.62.